The van der Waals surface area contributed by atoms with Crippen LogP contribution in [0.3, 0.4) is 0 Å². The molecule has 0 unspecified atom stereocenters. The maximum atomic E-state index is 5.74. The molecule has 0 aromatic heterocycles. The first kappa shape index (κ1) is 12.4. The molecule has 1 aromatic rings. The lowest BCUT2D eigenvalue weighted by Gasteiger charge is -2.40. The summed E-state index contributed by atoms with van der Waals surface area (Å²) >= 11 is 4.33. The van der Waals surface area contributed by atoms with Gasteiger partial charge in [-0.1, -0.05) is 6.42 Å². The Bertz CT molecular complexity index is 372. The van der Waals surface area contributed by atoms with Crippen LogP contribution >= 0.6 is 34.4 Å². The summed E-state index contributed by atoms with van der Waals surface area (Å²) in [6.45, 7) is 1.06. The van der Waals surface area contributed by atoms with E-state index < -0.39 is 0 Å². The molecule has 0 saturated heterocycles. The fourth-order valence-corrected chi connectivity index (χ4v) is 3.60. The normalized spacial score (nSPS) is 17.9. The van der Waals surface area contributed by atoms with E-state index in [1.165, 1.54) is 28.5 Å². The van der Waals surface area contributed by atoms with Crippen molar-refractivity contribution >= 4 is 45.7 Å². The molecule has 3 N–H and O–H groups in total. The summed E-state index contributed by atoms with van der Waals surface area (Å²) in [5, 5.41) is 3.55. The second-order valence-electron chi connectivity index (χ2n) is 4.33. The second-order valence-corrected chi connectivity index (χ2v) is 6.77. The van der Waals surface area contributed by atoms with Crippen LogP contribution in [-0.2, 0) is 0 Å². The lowest BCUT2D eigenvalue weighted by atomic mass is 9.84. The first-order valence-corrected chi connectivity index (χ1v) is 7.80. The molecule has 2 rings (SSSR count). The number of halogens is 1. The fourth-order valence-electron chi connectivity index (χ4n) is 1.96. The molecule has 1 saturated carbocycles. The van der Waals surface area contributed by atoms with E-state index in [-0.39, 0.29) is 0 Å². The second kappa shape index (κ2) is 5.04. The first-order chi connectivity index (χ1) is 7.65. The van der Waals surface area contributed by atoms with Gasteiger partial charge < -0.3 is 11.1 Å². The molecule has 1 aliphatic rings. The molecular weight excluding hydrogens is 331 g/mol. The Morgan fingerprint density at radius 1 is 1.50 bits per heavy atom. The van der Waals surface area contributed by atoms with E-state index >= 15 is 0 Å². The fraction of sp³-hybridized carbons (Fsp3) is 0.500. The van der Waals surface area contributed by atoms with E-state index in [0.717, 1.165) is 12.2 Å². The predicted molar refractivity (Wildman–Crippen MR) is 82.2 cm³/mol. The number of rotatable bonds is 4. The van der Waals surface area contributed by atoms with Crippen molar-refractivity contribution in [3.63, 3.8) is 0 Å². The third-order valence-electron chi connectivity index (χ3n) is 3.29. The van der Waals surface area contributed by atoms with Gasteiger partial charge in [0.15, 0.2) is 0 Å². The SMILES string of the molecule is CSC1(CNc2ccc(N)cc2I)CCC1. The number of benzene rings is 1. The van der Waals surface area contributed by atoms with Crippen molar-refractivity contribution in [1.29, 1.82) is 0 Å². The minimum absolute atomic E-state index is 0.477. The monoisotopic (exact) mass is 348 g/mol. The first-order valence-electron chi connectivity index (χ1n) is 5.49. The Labute approximate surface area is 115 Å². The zero-order valence-corrected chi connectivity index (χ0v) is 12.4. The molecule has 0 aliphatic heterocycles. The molecule has 0 heterocycles. The van der Waals surface area contributed by atoms with Crippen LogP contribution in [0.25, 0.3) is 0 Å². The smallest absolute Gasteiger partial charge is 0.0477 e. The van der Waals surface area contributed by atoms with Crippen LogP contribution < -0.4 is 11.1 Å². The van der Waals surface area contributed by atoms with Crippen LogP contribution in [0, 0.1) is 3.57 Å². The van der Waals surface area contributed by atoms with Gasteiger partial charge in [-0.05, 0) is 59.9 Å². The minimum atomic E-state index is 0.477. The van der Waals surface area contributed by atoms with Gasteiger partial charge in [0.25, 0.3) is 0 Å². The van der Waals surface area contributed by atoms with Gasteiger partial charge >= 0.3 is 0 Å². The quantitative estimate of drug-likeness (QED) is 0.645. The summed E-state index contributed by atoms with van der Waals surface area (Å²) in [6, 6.07) is 6.04. The van der Waals surface area contributed by atoms with Gasteiger partial charge in [-0.2, -0.15) is 11.8 Å². The zero-order chi connectivity index (χ0) is 11.6. The Balaban J connectivity index is 1.99. The number of thioether (sulfide) groups is 1. The summed E-state index contributed by atoms with van der Waals surface area (Å²) < 4.78 is 1.68. The molecule has 2 nitrogen and oxygen atoms in total. The summed E-state index contributed by atoms with van der Waals surface area (Å²) in [5.41, 5.74) is 7.77. The average molecular weight is 348 g/mol. The van der Waals surface area contributed by atoms with E-state index in [2.05, 4.69) is 40.2 Å². The Morgan fingerprint density at radius 2 is 2.25 bits per heavy atom. The van der Waals surface area contributed by atoms with Crippen molar-refractivity contribution in [2.75, 3.05) is 23.9 Å². The van der Waals surface area contributed by atoms with Crippen LogP contribution in [0.4, 0.5) is 11.4 Å². The Hall–Kier alpha value is -0.100. The van der Waals surface area contributed by atoms with E-state index in [4.69, 9.17) is 5.73 Å². The topological polar surface area (TPSA) is 38.0 Å². The van der Waals surface area contributed by atoms with Gasteiger partial charge in [0.1, 0.15) is 0 Å². The number of nitrogen functional groups attached to an aromatic ring is 1. The van der Waals surface area contributed by atoms with Crippen molar-refractivity contribution in [1.82, 2.24) is 0 Å². The highest BCUT2D eigenvalue weighted by Gasteiger charge is 2.35. The molecule has 1 aliphatic carbocycles. The maximum Gasteiger partial charge on any atom is 0.0477 e. The highest BCUT2D eigenvalue weighted by atomic mass is 127. The van der Waals surface area contributed by atoms with Crippen molar-refractivity contribution in [3.05, 3.63) is 21.8 Å². The van der Waals surface area contributed by atoms with Crippen LogP contribution in [0.1, 0.15) is 19.3 Å². The number of nitrogens with two attached hydrogens (primary N) is 1. The largest absolute Gasteiger partial charge is 0.399 e. The van der Waals surface area contributed by atoms with Crippen molar-refractivity contribution in [2.45, 2.75) is 24.0 Å². The summed E-state index contributed by atoms with van der Waals surface area (Å²) in [5.74, 6) is 0. The summed E-state index contributed by atoms with van der Waals surface area (Å²) in [7, 11) is 0. The van der Waals surface area contributed by atoms with E-state index in [1.807, 2.05) is 23.9 Å². The van der Waals surface area contributed by atoms with E-state index in [9.17, 15) is 0 Å². The number of nitrogens with one attached hydrogen (secondary N) is 1. The lowest BCUT2D eigenvalue weighted by Crippen LogP contribution is -2.40. The average Bonchev–Trinajstić information content (AvgIpc) is 2.19. The van der Waals surface area contributed by atoms with Crippen molar-refractivity contribution in [3.8, 4) is 0 Å². The molecular formula is C12H17IN2S. The van der Waals surface area contributed by atoms with E-state index in [0.29, 0.717) is 4.75 Å². The lowest BCUT2D eigenvalue weighted by molar-refractivity contribution is 0.380. The molecule has 0 radical (unpaired) electrons. The van der Waals surface area contributed by atoms with Crippen LogP contribution in [0.2, 0.25) is 0 Å². The van der Waals surface area contributed by atoms with Gasteiger partial charge in [0, 0.05) is 26.2 Å². The molecule has 0 amide bonds. The molecule has 16 heavy (non-hydrogen) atoms. The molecule has 0 atom stereocenters. The Morgan fingerprint density at radius 3 is 2.75 bits per heavy atom. The van der Waals surface area contributed by atoms with Crippen molar-refractivity contribution in [2.24, 2.45) is 0 Å². The minimum Gasteiger partial charge on any atom is -0.399 e. The number of hydrogen-bond acceptors (Lipinski definition) is 3. The van der Waals surface area contributed by atoms with Crippen molar-refractivity contribution < 1.29 is 0 Å². The maximum absolute atomic E-state index is 5.74. The van der Waals surface area contributed by atoms with Gasteiger partial charge in [0.2, 0.25) is 0 Å². The van der Waals surface area contributed by atoms with Crippen LogP contribution in [0.5, 0.6) is 0 Å². The molecule has 1 aromatic carbocycles. The van der Waals surface area contributed by atoms with Gasteiger partial charge in [-0.15, -0.1) is 0 Å². The van der Waals surface area contributed by atoms with Crippen LogP contribution in [0.15, 0.2) is 18.2 Å². The van der Waals surface area contributed by atoms with Gasteiger partial charge in [0.05, 0.1) is 0 Å². The highest BCUT2D eigenvalue weighted by molar-refractivity contribution is 14.1. The summed E-state index contributed by atoms with van der Waals surface area (Å²) in [6.07, 6.45) is 6.27. The molecule has 1 fully saturated rings. The van der Waals surface area contributed by atoms with E-state index in [1.54, 1.807) is 0 Å². The predicted octanol–water partition coefficient (Wildman–Crippen LogP) is 3.57. The molecule has 0 spiro atoms. The number of anilines is 2. The molecule has 88 valence electrons. The zero-order valence-electron chi connectivity index (χ0n) is 9.42. The number of hydrogen-bond donors (Lipinski definition) is 2. The summed E-state index contributed by atoms with van der Waals surface area (Å²) in [4.78, 5) is 0. The molecule has 4 heteroatoms. The Kier molecular flexibility index (Phi) is 3.89. The van der Waals surface area contributed by atoms with Gasteiger partial charge in [-0.3, -0.25) is 0 Å². The highest BCUT2D eigenvalue weighted by Crippen LogP contribution is 2.42. The third-order valence-corrected chi connectivity index (χ3v) is 5.60. The molecule has 0 bridgehead atoms. The van der Waals surface area contributed by atoms with Gasteiger partial charge in [-0.25, -0.2) is 0 Å². The third kappa shape index (κ3) is 2.59. The van der Waals surface area contributed by atoms with Crippen LogP contribution in [-0.4, -0.2) is 17.5 Å². The standard InChI is InChI=1S/C12H17IN2S/c1-16-12(5-2-6-12)8-15-11-4-3-9(14)7-10(11)13/h3-4,7,15H,2,5-6,8,14H2,1H3.